The number of likely N-dealkylation sites (N-methyl/N-ethyl adjacent to an activating group) is 1. The Kier molecular flexibility index (Phi) is 6.61. The van der Waals surface area contributed by atoms with Gasteiger partial charge < -0.3 is 20.6 Å². The second-order valence-electron chi connectivity index (χ2n) is 4.99. The molecule has 3 N–H and O–H groups in total. The first-order valence-electron chi connectivity index (χ1n) is 6.51. The van der Waals surface area contributed by atoms with E-state index in [2.05, 4.69) is 10.6 Å². The summed E-state index contributed by atoms with van der Waals surface area (Å²) in [6, 6.07) is 4.47. The van der Waals surface area contributed by atoms with Crippen molar-refractivity contribution in [3.63, 3.8) is 0 Å². The number of halogens is 1. The number of nitrogens with zero attached hydrogens (tertiary/aromatic N) is 1. The number of nitrogens with one attached hydrogen (secondary N) is 2. The average molecular weight is 314 g/mol. The molecule has 6 nitrogen and oxygen atoms in total. The molecule has 0 heterocycles. The van der Waals surface area contributed by atoms with E-state index in [1.807, 2.05) is 25.9 Å². The molecule has 0 radical (unpaired) electrons. The highest BCUT2D eigenvalue weighted by Crippen LogP contribution is 2.22. The van der Waals surface area contributed by atoms with Crippen LogP contribution < -0.4 is 10.6 Å². The molecule has 0 aliphatic heterocycles. The number of rotatable bonds is 7. The van der Waals surface area contributed by atoms with Crippen molar-refractivity contribution in [3.8, 4) is 0 Å². The van der Waals surface area contributed by atoms with E-state index in [4.69, 9.17) is 16.7 Å². The van der Waals surface area contributed by atoms with Crippen molar-refractivity contribution in [2.24, 2.45) is 0 Å². The van der Waals surface area contributed by atoms with E-state index in [-0.39, 0.29) is 18.0 Å². The number of amides is 1. The maximum atomic E-state index is 11.8. The lowest BCUT2D eigenvalue weighted by atomic mass is 10.2. The lowest BCUT2D eigenvalue weighted by Gasteiger charge is -2.19. The maximum Gasteiger partial charge on any atom is 0.335 e. The van der Waals surface area contributed by atoms with E-state index in [1.54, 1.807) is 0 Å². The number of aromatic carboxylic acids is 1. The van der Waals surface area contributed by atoms with Crippen molar-refractivity contribution in [2.75, 3.05) is 32.5 Å². The van der Waals surface area contributed by atoms with Gasteiger partial charge in [-0.2, -0.15) is 0 Å². The topological polar surface area (TPSA) is 81.7 Å². The number of hydrogen-bond donors (Lipinski definition) is 3. The van der Waals surface area contributed by atoms with Crippen LogP contribution in [0.1, 0.15) is 17.3 Å². The van der Waals surface area contributed by atoms with Crippen molar-refractivity contribution >= 4 is 29.2 Å². The van der Waals surface area contributed by atoms with Crippen molar-refractivity contribution in [3.05, 3.63) is 28.8 Å². The molecule has 0 saturated carbocycles. The highest BCUT2D eigenvalue weighted by molar-refractivity contribution is 6.33. The van der Waals surface area contributed by atoms with Gasteiger partial charge in [0.1, 0.15) is 0 Å². The van der Waals surface area contributed by atoms with Gasteiger partial charge in [-0.25, -0.2) is 4.79 Å². The van der Waals surface area contributed by atoms with Crippen molar-refractivity contribution in [1.29, 1.82) is 0 Å². The predicted molar refractivity (Wildman–Crippen MR) is 83.1 cm³/mol. The minimum Gasteiger partial charge on any atom is -0.478 e. The first-order valence-corrected chi connectivity index (χ1v) is 6.89. The molecule has 0 aliphatic rings. The van der Waals surface area contributed by atoms with Crippen molar-refractivity contribution in [2.45, 2.75) is 13.0 Å². The Morgan fingerprint density at radius 3 is 2.62 bits per heavy atom. The second-order valence-corrected chi connectivity index (χ2v) is 5.40. The number of carbonyl (C=O) groups is 2. The molecule has 1 atom stereocenters. The summed E-state index contributed by atoms with van der Waals surface area (Å²) in [6.07, 6.45) is 0. The van der Waals surface area contributed by atoms with Gasteiger partial charge in [-0.1, -0.05) is 11.6 Å². The van der Waals surface area contributed by atoms with Gasteiger partial charge in [0.25, 0.3) is 0 Å². The quantitative estimate of drug-likeness (QED) is 0.711. The van der Waals surface area contributed by atoms with Crippen LogP contribution in [0.4, 0.5) is 5.69 Å². The summed E-state index contributed by atoms with van der Waals surface area (Å²) >= 11 is 5.94. The van der Waals surface area contributed by atoms with Gasteiger partial charge in [0, 0.05) is 12.6 Å². The number of carboxylic acid groups (broad SMARTS) is 1. The van der Waals surface area contributed by atoms with Gasteiger partial charge >= 0.3 is 5.97 Å². The standard InChI is InChI=1S/C14H20ClN3O3/c1-9(18(2)3)7-16-8-13(19)17-12-6-10(14(20)21)4-5-11(12)15/h4-6,9,16H,7-8H2,1-3H3,(H,17,19)(H,20,21). The number of hydrogen-bond acceptors (Lipinski definition) is 4. The van der Waals surface area contributed by atoms with E-state index in [9.17, 15) is 9.59 Å². The third-order valence-corrected chi connectivity index (χ3v) is 3.42. The number of anilines is 1. The third-order valence-electron chi connectivity index (χ3n) is 3.09. The van der Waals surface area contributed by atoms with Crippen LogP contribution in [0.5, 0.6) is 0 Å². The van der Waals surface area contributed by atoms with Gasteiger partial charge in [-0.3, -0.25) is 4.79 Å². The molecule has 21 heavy (non-hydrogen) atoms. The summed E-state index contributed by atoms with van der Waals surface area (Å²) < 4.78 is 0. The molecule has 0 fully saturated rings. The van der Waals surface area contributed by atoms with E-state index in [0.717, 1.165) is 0 Å². The van der Waals surface area contributed by atoms with Gasteiger partial charge in [-0.05, 0) is 39.2 Å². The summed E-state index contributed by atoms with van der Waals surface area (Å²) in [5.41, 5.74) is 0.368. The first-order chi connectivity index (χ1) is 9.81. The molecule has 1 rings (SSSR count). The van der Waals surface area contributed by atoms with Gasteiger partial charge in [-0.15, -0.1) is 0 Å². The lowest BCUT2D eigenvalue weighted by molar-refractivity contribution is -0.115. The Morgan fingerprint density at radius 2 is 2.05 bits per heavy atom. The molecule has 0 aliphatic carbocycles. The fraction of sp³-hybridized carbons (Fsp3) is 0.429. The smallest absolute Gasteiger partial charge is 0.335 e. The predicted octanol–water partition coefficient (Wildman–Crippen LogP) is 1.52. The summed E-state index contributed by atoms with van der Waals surface area (Å²) in [4.78, 5) is 24.7. The summed E-state index contributed by atoms with van der Waals surface area (Å²) in [5.74, 6) is -1.34. The molecule has 116 valence electrons. The third kappa shape index (κ3) is 5.71. The molecule has 1 aromatic rings. The van der Waals surface area contributed by atoms with Crippen molar-refractivity contribution < 1.29 is 14.7 Å². The van der Waals surface area contributed by atoms with Crippen LogP contribution in [0.2, 0.25) is 5.02 Å². The van der Waals surface area contributed by atoms with Gasteiger partial charge in [0.05, 0.1) is 22.8 Å². The van der Waals surface area contributed by atoms with Crippen LogP contribution in [0.3, 0.4) is 0 Å². The fourth-order valence-electron chi connectivity index (χ4n) is 1.53. The van der Waals surface area contributed by atoms with Crippen LogP contribution in [0.15, 0.2) is 18.2 Å². The molecule has 0 bridgehead atoms. The normalized spacial score (nSPS) is 12.2. The minimum atomic E-state index is -1.07. The van der Waals surface area contributed by atoms with E-state index >= 15 is 0 Å². The summed E-state index contributed by atoms with van der Waals surface area (Å²) in [7, 11) is 3.92. The minimum absolute atomic E-state index is 0.0730. The molecular formula is C14H20ClN3O3. The second kappa shape index (κ2) is 7.97. The van der Waals surface area contributed by atoms with Gasteiger partial charge in [0.2, 0.25) is 5.91 Å². The summed E-state index contributed by atoms with van der Waals surface area (Å²) in [6.45, 7) is 2.84. The molecule has 0 saturated heterocycles. The number of benzene rings is 1. The van der Waals surface area contributed by atoms with Crippen LogP contribution in [-0.2, 0) is 4.79 Å². The van der Waals surface area contributed by atoms with E-state index in [0.29, 0.717) is 23.3 Å². The Labute approximate surface area is 129 Å². The number of carboxylic acids is 1. The first kappa shape index (κ1) is 17.4. The SMILES string of the molecule is CC(CNCC(=O)Nc1cc(C(=O)O)ccc1Cl)N(C)C. The molecule has 0 aromatic heterocycles. The molecule has 0 spiro atoms. The molecule has 7 heteroatoms. The van der Waals surface area contributed by atoms with E-state index in [1.165, 1.54) is 18.2 Å². The lowest BCUT2D eigenvalue weighted by Crippen LogP contribution is -2.38. The largest absolute Gasteiger partial charge is 0.478 e. The van der Waals surface area contributed by atoms with E-state index < -0.39 is 5.97 Å². The zero-order valence-corrected chi connectivity index (χ0v) is 13.1. The summed E-state index contributed by atoms with van der Waals surface area (Å²) in [5, 5.41) is 14.8. The Bertz CT molecular complexity index is 520. The highest BCUT2D eigenvalue weighted by Gasteiger charge is 2.10. The Hall–Kier alpha value is -1.63. The Morgan fingerprint density at radius 1 is 1.38 bits per heavy atom. The molecule has 1 amide bonds. The van der Waals surface area contributed by atoms with Crippen LogP contribution >= 0.6 is 11.6 Å². The van der Waals surface area contributed by atoms with Crippen LogP contribution in [-0.4, -0.2) is 55.1 Å². The van der Waals surface area contributed by atoms with Crippen LogP contribution in [0.25, 0.3) is 0 Å². The molecule has 1 aromatic carbocycles. The highest BCUT2D eigenvalue weighted by atomic mass is 35.5. The fourth-order valence-corrected chi connectivity index (χ4v) is 1.69. The maximum absolute atomic E-state index is 11.8. The molecule has 1 unspecified atom stereocenters. The monoisotopic (exact) mass is 313 g/mol. The zero-order chi connectivity index (χ0) is 16.0. The molecular weight excluding hydrogens is 294 g/mol. The van der Waals surface area contributed by atoms with Gasteiger partial charge in [0.15, 0.2) is 0 Å². The Balaban J connectivity index is 2.55. The van der Waals surface area contributed by atoms with Crippen LogP contribution in [0, 0.1) is 0 Å². The van der Waals surface area contributed by atoms with Crippen molar-refractivity contribution in [1.82, 2.24) is 10.2 Å². The number of carbonyl (C=O) groups excluding carboxylic acids is 1. The average Bonchev–Trinajstić information content (AvgIpc) is 2.40. The zero-order valence-electron chi connectivity index (χ0n) is 12.3.